The predicted molar refractivity (Wildman–Crippen MR) is 139 cm³/mol. The lowest BCUT2D eigenvalue weighted by Crippen LogP contribution is -2.55. The molecule has 0 fully saturated rings. The molecule has 0 radical (unpaired) electrons. The summed E-state index contributed by atoms with van der Waals surface area (Å²) in [6, 6.07) is 23.5. The van der Waals surface area contributed by atoms with Crippen molar-refractivity contribution in [1.82, 2.24) is 5.32 Å². The van der Waals surface area contributed by atoms with Gasteiger partial charge in [-0.05, 0) is 24.6 Å². The summed E-state index contributed by atoms with van der Waals surface area (Å²) < 4.78 is 0.853. The van der Waals surface area contributed by atoms with Gasteiger partial charge in [0.05, 0.1) is 18.2 Å². The highest BCUT2D eigenvalue weighted by Gasteiger charge is 2.36. The third kappa shape index (κ3) is 4.95. The van der Waals surface area contributed by atoms with Crippen LogP contribution in [0.3, 0.4) is 0 Å². The molecule has 7 heteroatoms. The summed E-state index contributed by atoms with van der Waals surface area (Å²) in [5.74, 6) is -0.472. The molecule has 3 aromatic rings. The van der Waals surface area contributed by atoms with Crippen molar-refractivity contribution in [2.24, 2.45) is 10.7 Å². The Labute approximate surface area is 208 Å². The van der Waals surface area contributed by atoms with Gasteiger partial charge < -0.3 is 16.0 Å². The van der Waals surface area contributed by atoms with Crippen LogP contribution in [0.1, 0.15) is 23.6 Å². The highest BCUT2D eigenvalue weighted by Crippen LogP contribution is 2.29. The summed E-state index contributed by atoms with van der Waals surface area (Å²) in [5, 5.41) is 2.83. The third-order valence-electron chi connectivity index (χ3n) is 6.03. The van der Waals surface area contributed by atoms with Crippen LogP contribution in [-0.4, -0.2) is 42.7 Å². The van der Waals surface area contributed by atoms with Crippen molar-refractivity contribution in [1.29, 1.82) is 0 Å². The largest absolute Gasteiger partial charge is 0.356 e. The molecule has 2 unspecified atom stereocenters. The second-order valence-corrected chi connectivity index (χ2v) is 9.22. The summed E-state index contributed by atoms with van der Waals surface area (Å²) in [6.07, 6.45) is -0.517. The van der Waals surface area contributed by atoms with Crippen LogP contribution >= 0.6 is 15.9 Å². The van der Waals surface area contributed by atoms with E-state index < -0.39 is 18.2 Å². The molecule has 3 aromatic carbocycles. The lowest BCUT2D eigenvalue weighted by atomic mass is 10.00. The molecule has 1 heterocycles. The van der Waals surface area contributed by atoms with Gasteiger partial charge in [-0.1, -0.05) is 82.7 Å². The second-order valence-electron chi connectivity index (χ2n) is 8.37. The van der Waals surface area contributed by atoms with Crippen LogP contribution in [0, 0.1) is 0 Å². The number of benzene rings is 3. The first-order valence-corrected chi connectivity index (χ1v) is 11.9. The molecular formula is C27H27BrN4O2. The van der Waals surface area contributed by atoms with Gasteiger partial charge in [-0.15, -0.1) is 0 Å². The smallest absolute Gasteiger partial charge is 0.225 e. The number of Topliss-reactive ketones (excluding diaryl/α,β-unsaturated/α-hetero) is 1. The van der Waals surface area contributed by atoms with Crippen molar-refractivity contribution < 1.29 is 9.59 Å². The predicted octanol–water partition coefficient (Wildman–Crippen LogP) is 3.71. The summed E-state index contributed by atoms with van der Waals surface area (Å²) in [6.45, 7) is 1.68. The van der Waals surface area contributed by atoms with Crippen molar-refractivity contribution >= 4 is 39.0 Å². The van der Waals surface area contributed by atoms with Crippen molar-refractivity contribution in [2.45, 2.75) is 31.6 Å². The standard InChI is InChI=1S/C27H27BrN4O2/c1-17(30-23(33)16-19-12-6-8-14-21(19)28)26(34)25-27(29)32(2)22-15-9-7-13-20(22)24(31-25)18-10-4-3-5-11-18/h3-15,17,25,27H,16,29H2,1-2H3,(H,30,33)/t17?,25?,27-/m0/s1. The van der Waals surface area contributed by atoms with Crippen LogP contribution in [0.2, 0.25) is 0 Å². The van der Waals surface area contributed by atoms with Gasteiger partial charge in [0, 0.05) is 28.3 Å². The van der Waals surface area contributed by atoms with Gasteiger partial charge in [0.25, 0.3) is 0 Å². The Morgan fingerprint density at radius 3 is 2.41 bits per heavy atom. The lowest BCUT2D eigenvalue weighted by Gasteiger charge is -2.30. The molecule has 3 N–H and O–H groups in total. The van der Waals surface area contributed by atoms with Gasteiger partial charge in [0.15, 0.2) is 5.78 Å². The minimum absolute atomic E-state index is 0.166. The highest BCUT2D eigenvalue weighted by atomic mass is 79.9. The molecule has 3 atom stereocenters. The number of anilines is 1. The van der Waals surface area contributed by atoms with E-state index in [-0.39, 0.29) is 18.1 Å². The maximum absolute atomic E-state index is 13.6. The summed E-state index contributed by atoms with van der Waals surface area (Å²) in [7, 11) is 1.86. The summed E-state index contributed by atoms with van der Waals surface area (Å²) in [4.78, 5) is 33.0. The fraction of sp³-hybridized carbons (Fsp3) is 0.222. The van der Waals surface area contributed by atoms with Crippen LogP contribution in [0.15, 0.2) is 88.3 Å². The van der Waals surface area contributed by atoms with Crippen molar-refractivity contribution in [2.75, 3.05) is 11.9 Å². The Bertz CT molecular complexity index is 1230. The Morgan fingerprint density at radius 1 is 1.03 bits per heavy atom. The Balaban J connectivity index is 1.62. The molecule has 0 saturated heterocycles. The molecule has 1 aliphatic rings. The third-order valence-corrected chi connectivity index (χ3v) is 6.80. The van der Waals surface area contributed by atoms with Gasteiger partial charge in [-0.25, -0.2) is 0 Å². The topological polar surface area (TPSA) is 87.8 Å². The van der Waals surface area contributed by atoms with E-state index in [0.29, 0.717) is 5.71 Å². The van der Waals surface area contributed by atoms with Gasteiger partial charge in [-0.3, -0.25) is 14.6 Å². The van der Waals surface area contributed by atoms with E-state index >= 15 is 0 Å². The number of carbonyl (C=O) groups excluding carboxylic acids is 2. The molecule has 6 nitrogen and oxygen atoms in total. The maximum atomic E-state index is 13.6. The molecule has 0 aliphatic carbocycles. The number of hydrogen-bond donors (Lipinski definition) is 2. The maximum Gasteiger partial charge on any atom is 0.225 e. The van der Waals surface area contributed by atoms with Gasteiger partial charge in [-0.2, -0.15) is 0 Å². The van der Waals surface area contributed by atoms with Crippen LogP contribution < -0.4 is 16.0 Å². The van der Waals surface area contributed by atoms with E-state index in [4.69, 9.17) is 10.7 Å². The highest BCUT2D eigenvalue weighted by molar-refractivity contribution is 9.10. The minimum atomic E-state index is -0.855. The number of hydrogen-bond acceptors (Lipinski definition) is 5. The first kappa shape index (κ1) is 23.9. The van der Waals surface area contributed by atoms with E-state index in [1.54, 1.807) is 6.92 Å². The van der Waals surface area contributed by atoms with Crippen molar-refractivity contribution in [3.63, 3.8) is 0 Å². The normalized spacial score (nSPS) is 18.4. The Morgan fingerprint density at radius 2 is 1.68 bits per heavy atom. The molecule has 0 aromatic heterocycles. The number of fused-ring (bicyclic) bond motifs is 1. The van der Waals surface area contributed by atoms with E-state index in [2.05, 4.69) is 21.2 Å². The average Bonchev–Trinajstić information content (AvgIpc) is 2.95. The zero-order valence-corrected chi connectivity index (χ0v) is 20.7. The number of likely N-dealkylation sites (N-methyl/N-ethyl adjacent to an activating group) is 1. The fourth-order valence-electron chi connectivity index (χ4n) is 4.13. The minimum Gasteiger partial charge on any atom is -0.356 e. The Kier molecular flexibility index (Phi) is 7.24. The number of carbonyl (C=O) groups is 2. The molecule has 34 heavy (non-hydrogen) atoms. The van der Waals surface area contributed by atoms with Gasteiger partial charge >= 0.3 is 0 Å². The Hall–Kier alpha value is -3.29. The molecule has 4 rings (SSSR count). The van der Waals surface area contributed by atoms with Crippen LogP contribution in [0.5, 0.6) is 0 Å². The van der Waals surface area contributed by atoms with E-state index in [1.807, 2.05) is 90.8 Å². The molecule has 0 spiro atoms. The van der Waals surface area contributed by atoms with Gasteiger partial charge in [0.1, 0.15) is 12.2 Å². The van der Waals surface area contributed by atoms with Crippen LogP contribution in [-0.2, 0) is 16.0 Å². The van der Waals surface area contributed by atoms with E-state index in [9.17, 15) is 9.59 Å². The average molecular weight is 519 g/mol. The molecule has 0 bridgehead atoms. The number of ketones is 1. The van der Waals surface area contributed by atoms with E-state index in [0.717, 1.165) is 26.9 Å². The zero-order valence-electron chi connectivity index (χ0n) is 19.1. The molecule has 0 saturated carbocycles. The van der Waals surface area contributed by atoms with Crippen LogP contribution in [0.4, 0.5) is 5.69 Å². The SMILES string of the molecule is CC(NC(=O)Cc1ccccc1Br)C(=O)C1N=C(c2ccccc2)c2ccccc2N(C)[C@@H]1N. The number of aliphatic imine (C=N–C) groups is 1. The van der Waals surface area contributed by atoms with Gasteiger partial charge in [0.2, 0.25) is 5.91 Å². The number of nitrogens with one attached hydrogen (secondary N) is 1. The number of rotatable bonds is 6. The number of halogens is 1. The monoisotopic (exact) mass is 518 g/mol. The molecular weight excluding hydrogens is 492 g/mol. The molecule has 174 valence electrons. The summed E-state index contributed by atoms with van der Waals surface area (Å²) >= 11 is 3.46. The number of para-hydroxylation sites is 1. The molecule has 1 aliphatic heterocycles. The number of nitrogens with zero attached hydrogens (tertiary/aromatic N) is 2. The van der Waals surface area contributed by atoms with Crippen LogP contribution in [0.25, 0.3) is 0 Å². The summed E-state index contributed by atoms with van der Waals surface area (Å²) in [5.41, 5.74) is 10.8. The lowest BCUT2D eigenvalue weighted by molar-refractivity contribution is -0.128. The molecule has 1 amide bonds. The second kappa shape index (κ2) is 10.3. The van der Waals surface area contributed by atoms with E-state index in [1.165, 1.54) is 0 Å². The van der Waals surface area contributed by atoms with Crippen molar-refractivity contribution in [3.8, 4) is 0 Å². The van der Waals surface area contributed by atoms with Crippen molar-refractivity contribution in [3.05, 3.63) is 100 Å². The number of nitrogens with two attached hydrogens (primary N) is 1. The fourth-order valence-corrected chi connectivity index (χ4v) is 4.56. The first-order valence-electron chi connectivity index (χ1n) is 11.1. The quantitative estimate of drug-likeness (QED) is 0.520. The first-order chi connectivity index (χ1) is 16.4. The zero-order chi connectivity index (χ0) is 24.2. The number of amides is 1. The number of benzodiazepines with no additional fused rings is 1.